The van der Waals surface area contributed by atoms with Crippen LogP contribution in [0.2, 0.25) is 0 Å². The summed E-state index contributed by atoms with van der Waals surface area (Å²) in [4.78, 5) is 11.5. The van der Waals surface area contributed by atoms with Gasteiger partial charge in [0.1, 0.15) is 0 Å². The minimum atomic E-state index is -0.196. The molecule has 0 atom stereocenters. The molecule has 5 nitrogen and oxygen atoms in total. The van der Waals surface area contributed by atoms with Gasteiger partial charge >= 0.3 is 6.03 Å². The van der Waals surface area contributed by atoms with E-state index in [2.05, 4.69) is 20.8 Å². The summed E-state index contributed by atoms with van der Waals surface area (Å²) < 4.78 is 0. The molecule has 0 fully saturated rings. The highest BCUT2D eigenvalue weighted by Gasteiger charge is 2.05. The van der Waals surface area contributed by atoms with Crippen molar-refractivity contribution < 1.29 is 4.79 Å². The number of urea groups is 1. The fraction of sp³-hybridized carbons (Fsp3) is 0.286. The van der Waals surface area contributed by atoms with Gasteiger partial charge in [-0.1, -0.05) is 12.1 Å². The Kier molecular flexibility index (Phi) is 3.85. The van der Waals surface area contributed by atoms with Crippen LogP contribution < -0.4 is 10.6 Å². The lowest BCUT2D eigenvalue weighted by molar-refractivity contribution is 0.250. The highest BCUT2D eigenvalue weighted by molar-refractivity contribution is 5.89. The van der Waals surface area contributed by atoms with E-state index in [-0.39, 0.29) is 12.1 Å². The number of amides is 2. The minimum Gasteiger partial charge on any atom is -0.336 e. The molecule has 0 aliphatic heterocycles. The Morgan fingerprint density at radius 3 is 2.47 bits per heavy atom. The number of carbonyl (C=O) groups is 1. The second-order valence-corrected chi connectivity index (χ2v) is 4.77. The Labute approximate surface area is 112 Å². The molecule has 100 valence electrons. The monoisotopic (exact) mass is 258 g/mol. The standard InChI is InChI=1S/C14H18N4O/c1-9(2)15-14(19)16-12-6-4-11(5-7-12)13-8-10(3)17-18-13/h4-9H,1-3H3,(H,17,18)(H2,15,16,19). The number of aromatic nitrogens is 2. The topological polar surface area (TPSA) is 69.8 Å². The van der Waals surface area contributed by atoms with Gasteiger partial charge in [0, 0.05) is 23.0 Å². The third-order valence-corrected chi connectivity index (χ3v) is 2.56. The van der Waals surface area contributed by atoms with Gasteiger partial charge in [-0.3, -0.25) is 5.10 Å². The molecule has 5 heteroatoms. The molecular weight excluding hydrogens is 240 g/mol. The van der Waals surface area contributed by atoms with E-state index in [1.54, 1.807) is 0 Å². The van der Waals surface area contributed by atoms with Crippen LogP contribution in [0.3, 0.4) is 0 Å². The van der Waals surface area contributed by atoms with E-state index < -0.39 is 0 Å². The molecule has 3 N–H and O–H groups in total. The fourth-order valence-electron chi connectivity index (χ4n) is 1.72. The molecule has 0 aliphatic carbocycles. The van der Waals surface area contributed by atoms with Crippen molar-refractivity contribution in [2.24, 2.45) is 0 Å². The quantitative estimate of drug-likeness (QED) is 0.792. The van der Waals surface area contributed by atoms with E-state index in [4.69, 9.17) is 0 Å². The number of nitrogens with one attached hydrogen (secondary N) is 3. The minimum absolute atomic E-state index is 0.117. The summed E-state index contributed by atoms with van der Waals surface area (Å²) in [5.74, 6) is 0. The molecule has 0 bridgehead atoms. The highest BCUT2D eigenvalue weighted by Crippen LogP contribution is 2.19. The van der Waals surface area contributed by atoms with E-state index in [0.29, 0.717) is 0 Å². The average molecular weight is 258 g/mol. The summed E-state index contributed by atoms with van der Waals surface area (Å²) in [6.45, 7) is 5.80. The largest absolute Gasteiger partial charge is 0.336 e. The normalized spacial score (nSPS) is 10.5. The number of rotatable bonds is 3. The Morgan fingerprint density at radius 2 is 1.95 bits per heavy atom. The van der Waals surface area contributed by atoms with E-state index in [9.17, 15) is 4.79 Å². The smallest absolute Gasteiger partial charge is 0.319 e. The molecular formula is C14H18N4O. The zero-order valence-electron chi connectivity index (χ0n) is 11.3. The molecule has 1 aromatic heterocycles. The van der Waals surface area contributed by atoms with Crippen molar-refractivity contribution in [2.45, 2.75) is 26.8 Å². The average Bonchev–Trinajstić information content (AvgIpc) is 2.75. The van der Waals surface area contributed by atoms with Gasteiger partial charge in [0.05, 0.1) is 5.69 Å². The number of benzene rings is 1. The number of anilines is 1. The maximum atomic E-state index is 11.5. The van der Waals surface area contributed by atoms with Crippen LogP contribution in [0.4, 0.5) is 10.5 Å². The van der Waals surface area contributed by atoms with Gasteiger partial charge < -0.3 is 10.6 Å². The SMILES string of the molecule is Cc1cc(-c2ccc(NC(=O)NC(C)C)cc2)n[nH]1. The number of H-pyrrole nitrogens is 1. The first-order valence-corrected chi connectivity index (χ1v) is 6.24. The van der Waals surface area contributed by atoms with Gasteiger partial charge in [0.25, 0.3) is 0 Å². The van der Waals surface area contributed by atoms with E-state index in [1.165, 1.54) is 0 Å². The van der Waals surface area contributed by atoms with Crippen molar-refractivity contribution in [3.8, 4) is 11.3 Å². The van der Waals surface area contributed by atoms with Crippen molar-refractivity contribution >= 4 is 11.7 Å². The number of carbonyl (C=O) groups excluding carboxylic acids is 1. The predicted molar refractivity (Wildman–Crippen MR) is 76.1 cm³/mol. The first-order chi connectivity index (χ1) is 9.04. The molecule has 2 amide bonds. The number of hydrogen-bond donors (Lipinski definition) is 3. The van der Waals surface area contributed by atoms with Crippen LogP contribution in [0.25, 0.3) is 11.3 Å². The van der Waals surface area contributed by atoms with Crippen molar-refractivity contribution in [3.63, 3.8) is 0 Å². The number of hydrogen-bond acceptors (Lipinski definition) is 2. The molecule has 19 heavy (non-hydrogen) atoms. The summed E-state index contributed by atoms with van der Waals surface area (Å²) in [5, 5.41) is 12.6. The molecule has 1 aromatic carbocycles. The Hall–Kier alpha value is -2.30. The van der Waals surface area contributed by atoms with Crippen LogP contribution in [0.5, 0.6) is 0 Å². The highest BCUT2D eigenvalue weighted by atomic mass is 16.2. The molecule has 0 radical (unpaired) electrons. The van der Waals surface area contributed by atoms with Crippen LogP contribution in [-0.4, -0.2) is 22.3 Å². The van der Waals surface area contributed by atoms with Crippen molar-refractivity contribution in [1.29, 1.82) is 0 Å². The Bertz CT molecular complexity index is 557. The van der Waals surface area contributed by atoms with Crippen molar-refractivity contribution in [1.82, 2.24) is 15.5 Å². The van der Waals surface area contributed by atoms with Crippen LogP contribution in [-0.2, 0) is 0 Å². The van der Waals surface area contributed by atoms with E-state index >= 15 is 0 Å². The zero-order chi connectivity index (χ0) is 13.8. The van der Waals surface area contributed by atoms with Gasteiger partial charge in [-0.25, -0.2) is 4.79 Å². The number of aryl methyl sites for hydroxylation is 1. The van der Waals surface area contributed by atoms with Gasteiger partial charge in [0.15, 0.2) is 0 Å². The molecule has 2 aromatic rings. The third-order valence-electron chi connectivity index (χ3n) is 2.56. The summed E-state index contributed by atoms with van der Waals surface area (Å²) >= 11 is 0. The first kappa shape index (κ1) is 13.1. The summed E-state index contributed by atoms with van der Waals surface area (Å²) in [6.07, 6.45) is 0. The summed E-state index contributed by atoms with van der Waals surface area (Å²) in [7, 11) is 0. The van der Waals surface area contributed by atoms with Crippen LogP contribution >= 0.6 is 0 Å². The number of nitrogens with zero attached hydrogens (tertiary/aromatic N) is 1. The van der Waals surface area contributed by atoms with Crippen LogP contribution in [0.15, 0.2) is 30.3 Å². The molecule has 0 unspecified atom stereocenters. The van der Waals surface area contributed by atoms with E-state index in [0.717, 1.165) is 22.6 Å². The lowest BCUT2D eigenvalue weighted by Crippen LogP contribution is -2.34. The predicted octanol–water partition coefficient (Wildman–Crippen LogP) is 2.92. The molecule has 0 aliphatic rings. The van der Waals surface area contributed by atoms with Crippen molar-refractivity contribution in [2.75, 3.05) is 5.32 Å². The second-order valence-electron chi connectivity index (χ2n) is 4.77. The van der Waals surface area contributed by atoms with Gasteiger partial charge in [-0.05, 0) is 39.0 Å². The van der Waals surface area contributed by atoms with Gasteiger partial charge in [-0.2, -0.15) is 5.10 Å². The summed E-state index contributed by atoms with van der Waals surface area (Å²) in [6, 6.07) is 9.48. The zero-order valence-corrected chi connectivity index (χ0v) is 11.3. The molecule has 0 spiro atoms. The molecule has 0 saturated carbocycles. The maximum absolute atomic E-state index is 11.5. The summed E-state index contributed by atoms with van der Waals surface area (Å²) in [5.41, 5.74) is 3.69. The Morgan fingerprint density at radius 1 is 1.26 bits per heavy atom. The second kappa shape index (κ2) is 5.56. The first-order valence-electron chi connectivity index (χ1n) is 6.24. The Balaban J connectivity index is 2.04. The van der Waals surface area contributed by atoms with Crippen LogP contribution in [0, 0.1) is 6.92 Å². The maximum Gasteiger partial charge on any atom is 0.319 e. The number of aromatic amines is 1. The lowest BCUT2D eigenvalue weighted by atomic mass is 10.1. The molecule has 1 heterocycles. The van der Waals surface area contributed by atoms with Gasteiger partial charge in [0.2, 0.25) is 0 Å². The van der Waals surface area contributed by atoms with E-state index in [1.807, 2.05) is 51.1 Å². The van der Waals surface area contributed by atoms with Crippen molar-refractivity contribution in [3.05, 3.63) is 36.0 Å². The lowest BCUT2D eigenvalue weighted by Gasteiger charge is -2.10. The fourth-order valence-corrected chi connectivity index (χ4v) is 1.72. The molecule has 0 saturated heterocycles. The third kappa shape index (κ3) is 3.58. The molecule has 2 rings (SSSR count). The van der Waals surface area contributed by atoms with Crippen LogP contribution in [0.1, 0.15) is 19.5 Å². The van der Waals surface area contributed by atoms with Gasteiger partial charge in [-0.15, -0.1) is 0 Å².